The number of imide groups is 1. The summed E-state index contributed by atoms with van der Waals surface area (Å²) >= 11 is 0. The number of benzene rings is 1. The Labute approximate surface area is 101 Å². The van der Waals surface area contributed by atoms with E-state index in [2.05, 4.69) is 5.32 Å². The first kappa shape index (κ1) is 11.6. The second-order valence-corrected chi connectivity index (χ2v) is 4.94. The Kier molecular flexibility index (Phi) is 2.65. The molecule has 1 saturated heterocycles. The minimum Gasteiger partial charge on any atom is -0.324 e. The predicted molar refractivity (Wildman–Crippen MR) is 64.3 cm³/mol. The van der Waals surface area contributed by atoms with E-state index in [1.54, 1.807) is 13.8 Å². The van der Waals surface area contributed by atoms with Crippen molar-refractivity contribution in [2.24, 2.45) is 0 Å². The maximum Gasteiger partial charge on any atom is 0.325 e. The minimum atomic E-state index is -0.791. The van der Waals surface area contributed by atoms with Crippen molar-refractivity contribution in [2.45, 2.75) is 32.9 Å². The number of amides is 3. The van der Waals surface area contributed by atoms with E-state index in [9.17, 15) is 9.59 Å². The van der Waals surface area contributed by atoms with E-state index in [1.165, 1.54) is 4.90 Å². The summed E-state index contributed by atoms with van der Waals surface area (Å²) in [6.07, 6.45) is 0. The zero-order chi connectivity index (χ0) is 12.6. The Morgan fingerprint density at radius 2 is 2.00 bits per heavy atom. The number of nitrogens with zero attached hydrogens (tertiary/aromatic N) is 1. The van der Waals surface area contributed by atoms with Crippen LogP contribution in [0.15, 0.2) is 24.3 Å². The van der Waals surface area contributed by atoms with Crippen LogP contribution in [0.4, 0.5) is 4.79 Å². The molecular weight excluding hydrogens is 216 g/mol. The van der Waals surface area contributed by atoms with Gasteiger partial charge in [0.25, 0.3) is 5.91 Å². The molecule has 1 aromatic carbocycles. The van der Waals surface area contributed by atoms with Gasteiger partial charge in [-0.15, -0.1) is 0 Å². The molecule has 1 aromatic rings. The van der Waals surface area contributed by atoms with Gasteiger partial charge in [-0.05, 0) is 26.3 Å². The van der Waals surface area contributed by atoms with Crippen molar-refractivity contribution in [1.82, 2.24) is 10.2 Å². The third kappa shape index (κ3) is 2.16. The number of hydrogen-bond acceptors (Lipinski definition) is 2. The molecule has 1 N–H and O–H groups in total. The van der Waals surface area contributed by atoms with Gasteiger partial charge in [-0.1, -0.05) is 29.8 Å². The van der Waals surface area contributed by atoms with Crippen molar-refractivity contribution >= 4 is 11.9 Å². The van der Waals surface area contributed by atoms with Crippen LogP contribution in [-0.2, 0) is 11.3 Å². The van der Waals surface area contributed by atoms with E-state index >= 15 is 0 Å². The molecule has 90 valence electrons. The lowest BCUT2D eigenvalue weighted by molar-refractivity contribution is -0.130. The van der Waals surface area contributed by atoms with Crippen molar-refractivity contribution in [3.8, 4) is 0 Å². The number of hydrogen-bond donors (Lipinski definition) is 1. The molecule has 1 aliphatic rings. The molecule has 1 fully saturated rings. The average molecular weight is 232 g/mol. The van der Waals surface area contributed by atoms with E-state index in [1.807, 2.05) is 31.2 Å². The molecule has 3 amide bonds. The van der Waals surface area contributed by atoms with Crippen LogP contribution in [0.25, 0.3) is 0 Å². The van der Waals surface area contributed by atoms with Crippen molar-refractivity contribution in [3.63, 3.8) is 0 Å². The van der Waals surface area contributed by atoms with Crippen LogP contribution >= 0.6 is 0 Å². The van der Waals surface area contributed by atoms with Crippen molar-refractivity contribution < 1.29 is 9.59 Å². The first-order chi connectivity index (χ1) is 7.90. The minimum absolute atomic E-state index is 0.177. The normalized spacial score (nSPS) is 18.4. The third-order valence-electron chi connectivity index (χ3n) is 2.87. The Morgan fingerprint density at radius 3 is 2.53 bits per heavy atom. The van der Waals surface area contributed by atoms with Gasteiger partial charge in [0.15, 0.2) is 0 Å². The molecule has 17 heavy (non-hydrogen) atoms. The van der Waals surface area contributed by atoms with Crippen LogP contribution in [0.1, 0.15) is 25.0 Å². The first-order valence-corrected chi connectivity index (χ1v) is 5.60. The summed E-state index contributed by atoms with van der Waals surface area (Å²) in [4.78, 5) is 24.9. The quantitative estimate of drug-likeness (QED) is 0.791. The Morgan fingerprint density at radius 1 is 1.29 bits per heavy atom. The fourth-order valence-corrected chi connectivity index (χ4v) is 1.95. The van der Waals surface area contributed by atoms with E-state index in [4.69, 9.17) is 0 Å². The van der Waals surface area contributed by atoms with Crippen LogP contribution in [0, 0.1) is 6.92 Å². The van der Waals surface area contributed by atoms with Crippen LogP contribution in [0.5, 0.6) is 0 Å². The molecular formula is C13H16N2O2. The van der Waals surface area contributed by atoms with Crippen molar-refractivity contribution in [3.05, 3.63) is 35.4 Å². The summed E-state index contributed by atoms with van der Waals surface area (Å²) in [5.41, 5.74) is 1.29. The van der Waals surface area contributed by atoms with Gasteiger partial charge in [0, 0.05) is 0 Å². The van der Waals surface area contributed by atoms with E-state index < -0.39 is 5.54 Å². The lowest BCUT2D eigenvalue weighted by Gasteiger charge is -2.16. The standard InChI is InChI=1S/C13H16N2O2/c1-9-5-4-6-10(7-9)8-15-11(16)13(2,3)14-12(15)17/h4-7H,8H2,1-3H3,(H,14,17). The molecule has 0 unspecified atom stereocenters. The highest BCUT2D eigenvalue weighted by Crippen LogP contribution is 2.19. The Hall–Kier alpha value is -1.84. The van der Waals surface area contributed by atoms with Gasteiger partial charge in [0.05, 0.1) is 6.54 Å². The molecule has 0 atom stereocenters. The molecule has 4 heteroatoms. The summed E-state index contributed by atoms with van der Waals surface area (Å²) in [6, 6.07) is 7.49. The molecule has 0 aliphatic carbocycles. The highest BCUT2D eigenvalue weighted by Gasteiger charge is 2.43. The highest BCUT2D eigenvalue weighted by atomic mass is 16.2. The number of nitrogens with one attached hydrogen (secondary N) is 1. The third-order valence-corrected chi connectivity index (χ3v) is 2.87. The summed E-state index contributed by atoms with van der Waals surface area (Å²) in [6.45, 7) is 5.74. The molecule has 0 saturated carbocycles. The van der Waals surface area contributed by atoms with E-state index in [-0.39, 0.29) is 11.9 Å². The Balaban J connectivity index is 2.20. The van der Waals surface area contributed by atoms with Gasteiger partial charge >= 0.3 is 6.03 Å². The molecule has 0 bridgehead atoms. The molecule has 0 aromatic heterocycles. The van der Waals surface area contributed by atoms with Gasteiger partial charge in [-0.25, -0.2) is 4.79 Å². The highest BCUT2D eigenvalue weighted by molar-refractivity contribution is 6.06. The van der Waals surface area contributed by atoms with Crippen LogP contribution < -0.4 is 5.32 Å². The molecule has 0 spiro atoms. The SMILES string of the molecule is Cc1cccc(CN2C(=O)NC(C)(C)C2=O)c1. The van der Waals surface area contributed by atoms with Gasteiger partial charge in [0.1, 0.15) is 5.54 Å². The maximum atomic E-state index is 12.0. The van der Waals surface area contributed by atoms with E-state index in [0.717, 1.165) is 11.1 Å². The zero-order valence-electron chi connectivity index (χ0n) is 10.3. The Bertz CT molecular complexity index is 480. The number of carbonyl (C=O) groups is 2. The molecule has 1 aliphatic heterocycles. The number of rotatable bonds is 2. The van der Waals surface area contributed by atoms with E-state index in [0.29, 0.717) is 6.54 Å². The van der Waals surface area contributed by atoms with Gasteiger partial charge in [-0.3, -0.25) is 9.69 Å². The monoisotopic (exact) mass is 232 g/mol. The fourth-order valence-electron chi connectivity index (χ4n) is 1.95. The smallest absolute Gasteiger partial charge is 0.324 e. The van der Waals surface area contributed by atoms with Gasteiger partial charge in [0.2, 0.25) is 0 Å². The summed E-state index contributed by atoms with van der Waals surface area (Å²) in [5, 5.41) is 2.67. The molecule has 0 radical (unpaired) electrons. The van der Waals surface area contributed by atoms with Crippen LogP contribution in [0.2, 0.25) is 0 Å². The number of aryl methyl sites for hydroxylation is 1. The van der Waals surface area contributed by atoms with Gasteiger partial charge < -0.3 is 5.32 Å². The second-order valence-electron chi connectivity index (χ2n) is 4.94. The molecule has 4 nitrogen and oxygen atoms in total. The van der Waals surface area contributed by atoms with Gasteiger partial charge in [-0.2, -0.15) is 0 Å². The molecule has 1 heterocycles. The van der Waals surface area contributed by atoms with Crippen molar-refractivity contribution in [2.75, 3.05) is 0 Å². The molecule has 2 rings (SSSR count). The van der Waals surface area contributed by atoms with Crippen LogP contribution in [0.3, 0.4) is 0 Å². The number of urea groups is 1. The van der Waals surface area contributed by atoms with Crippen molar-refractivity contribution in [1.29, 1.82) is 0 Å². The summed E-state index contributed by atoms with van der Waals surface area (Å²) < 4.78 is 0. The second kappa shape index (κ2) is 3.87. The lowest BCUT2D eigenvalue weighted by Crippen LogP contribution is -2.40. The summed E-state index contributed by atoms with van der Waals surface area (Å²) in [7, 11) is 0. The average Bonchev–Trinajstić information content (AvgIpc) is 2.41. The lowest BCUT2D eigenvalue weighted by atomic mass is 10.1. The fraction of sp³-hybridized carbons (Fsp3) is 0.385. The zero-order valence-corrected chi connectivity index (χ0v) is 10.3. The maximum absolute atomic E-state index is 12.0. The first-order valence-electron chi connectivity index (χ1n) is 5.60. The number of carbonyl (C=O) groups excluding carboxylic acids is 2. The predicted octanol–water partition coefficient (Wildman–Crippen LogP) is 1.83. The largest absolute Gasteiger partial charge is 0.325 e. The van der Waals surface area contributed by atoms with Crippen LogP contribution in [-0.4, -0.2) is 22.4 Å². The topological polar surface area (TPSA) is 49.4 Å². The summed E-state index contributed by atoms with van der Waals surface area (Å²) in [5.74, 6) is -0.177.